The van der Waals surface area contributed by atoms with E-state index in [1.54, 1.807) is 0 Å². The Balaban J connectivity index is 1.12. The van der Waals surface area contributed by atoms with Crippen molar-refractivity contribution in [2.75, 3.05) is 0 Å². The molecule has 12 aromatic rings. The summed E-state index contributed by atoms with van der Waals surface area (Å²) in [6, 6.07) is 82.5. The zero-order valence-corrected chi connectivity index (χ0v) is 33.3. The molecule has 0 atom stereocenters. The van der Waals surface area contributed by atoms with Crippen LogP contribution < -0.4 is 0 Å². The zero-order chi connectivity index (χ0) is 39.8. The van der Waals surface area contributed by atoms with Crippen LogP contribution in [0.3, 0.4) is 0 Å². The predicted molar refractivity (Wildman–Crippen MR) is 259 cm³/mol. The Bertz CT molecular complexity index is 3770. The quantitative estimate of drug-likeness (QED) is 0.121. The van der Waals surface area contributed by atoms with Crippen LogP contribution in [0.2, 0.25) is 0 Å². The molecule has 0 bridgehead atoms. The SMILES string of the molecule is c1ccc2c(c1)-c1ccccc1C21c2cc(-c3c4ccccc4c(-c4cccc5ccccc45)c4ccccc34)ccc2-c2cc3c4ccccc4c4ccccc4c3cc21. The molecule has 14 rings (SSSR count). The third-order valence-electron chi connectivity index (χ3n) is 14.2. The summed E-state index contributed by atoms with van der Waals surface area (Å²) < 4.78 is 0. The van der Waals surface area contributed by atoms with Crippen molar-refractivity contribution in [2.45, 2.75) is 5.41 Å². The Kier molecular flexibility index (Phi) is 6.58. The highest BCUT2D eigenvalue weighted by molar-refractivity contribution is 6.27. The Morgan fingerprint density at radius 1 is 0.213 bits per heavy atom. The number of benzene rings is 12. The van der Waals surface area contributed by atoms with Gasteiger partial charge in [0.25, 0.3) is 0 Å². The molecule has 280 valence electrons. The van der Waals surface area contributed by atoms with Crippen LogP contribution in [-0.2, 0) is 5.41 Å². The van der Waals surface area contributed by atoms with Gasteiger partial charge >= 0.3 is 0 Å². The van der Waals surface area contributed by atoms with E-state index in [1.807, 2.05) is 0 Å². The smallest absolute Gasteiger partial charge is 0.0619 e. The molecule has 0 aromatic heterocycles. The molecule has 0 heteroatoms. The second kappa shape index (κ2) is 12.1. The molecule has 0 heterocycles. The molecule has 0 amide bonds. The Labute approximate surface area is 353 Å². The fourth-order valence-electron chi connectivity index (χ4n) is 11.9. The van der Waals surface area contributed by atoms with Gasteiger partial charge in [-0.2, -0.15) is 0 Å². The van der Waals surface area contributed by atoms with Gasteiger partial charge in [-0.25, -0.2) is 0 Å². The van der Waals surface area contributed by atoms with Crippen LogP contribution in [0.15, 0.2) is 218 Å². The maximum Gasteiger partial charge on any atom is 0.0725 e. The third kappa shape index (κ3) is 4.24. The van der Waals surface area contributed by atoms with E-state index in [0.29, 0.717) is 0 Å². The van der Waals surface area contributed by atoms with Crippen molar-refractivity contribution in [1.82, 2.24) is 0 Å². The Morgan fingerprint density at radius 2 is 0.623 bits per heavy atom. The van der Waals surface area contributed by atoms with Crippen LogP contribution in [0.1, 0.15) is 22.3 Å². The summed E-state index contributed by atoms with van der Waals surface area (Å²) in [5.41, 5.74) is 15.3. The minimum Gasteiger partial charge on any atom is -0.0619 e. The van der Waals surface area contributed by atoms with Gasteiger partial charge in [-0.1, -0.05) is 200 Å². The van der Waals surface area contributed by atoms with E-state index in [-0.39, 0.29) is 0 Å². The molecule has 2 aliphatic rings. The monoisotopic (exact) mass is 768 g/mol. The van der Waals surface area contributed by atoms with Gasteiger partial charge in [0.05, 0.1) is 5.41 Å². The number of rotatable bonds is 2. The van der Waals surface area contributed by atoms with Gasteiger partial charge in [-0.3, -0.25) is 0 Å². The molecule has 2 aliphatic carbocycles. The van der Waals surface area contributed by atoms with Crippen molar-refractivity contribution in [1.29, 1.82) is 0 Å². The summed E-state index contributed by atoms with van der Waals surface area (Å²) in [5, 5.41) is 15.4. The molecule has 0 saturated heterocycles. The van der Waals surface area contributed by atoms with Crippen LogP contribution >= 0.6 is 0 Å². The van der Waals surface area contributed by atoms with Gasteiger partial charge in [0.15, 0.2) is 0 Å². The summed E-state index contributed by atoms with van der Waals surface area (Å²) in [4.78, 5) is 0. The molecule has 0 saturated carbocycles. The third-order valence-corrected chi connectivity index (χ3v) is 14.2. The lowest BCUT2D eigenvalue weighted by molar-refractivity contribution is 0.795. The number of hydrogen-bond donors (Lipinski definition) is 0. The van der Waals surface area contributed by atoms with Crippen LogP contribution in [-0.4, -0.2) is 0 Å². The molecule has 0 aliphatic heterocycles. The summed E-state index contributed by atoms with van der Waals surface area (Å²) in [6.45, 7) is 0. The Morgan fingerprint density at radius 3 is 1.23 bits per heavy atom. The summed E-state index contributed by atoms with van der Waals surface area (Å²) in [7, 11) is 0. The minimum absolute atomic E-state index is 0.497. The molecule has 0 unspecified atom stereocenters. The van der Waals surface area contributed by atoms with Crippen LogP contribution in [0, 0.1) is 0 Å². The fraction of sp³-hybridized carbons (Fsp3) is 0.0164. The van der Waals surface area contributed by atoms with Gasteiger partial charge in [0.1, 0.15) is 0 Å². The maximum atomic E-state index is 2.57. The van der Waals surface area contributed by atoms with E-state index in [4.69, 9.17) is 0 Å². The maximum absolute atomic E-state index is 2.57. The van der Waals surface area contributed by atoms with E-state index < -0.39 is 5.41 Å². The minimum atomic E-state index is -0.497. The molecule has 1 spiro atoms. The number of fused-ring (bicyclic) bond motifs is 19. The first-order chi connectivity index (χ1) is 30.3. The van der Waals surface area contributed by atoms with Crippen molar-refractivity contribution in [3.63, 3.8) is 0 Å². The van der Waals surface area contributed by atoms with E-state index in [2.05, 4.69) is 218 Å². The van der Waals surface area contributed by atoms with Gasteiger partial charge in [-0.15, -0.1) is 0 Å². The molecular formula is C61H36. The zero-order valence-electron chi connectivity index (χ0n) is 33.3. The van der Waals surface area contributed by atoms with Gasteiger partial charge < -0.3 is 0 Å². The lowest BCUT2D eigenvalue weighted by Crippen LogP contribution is -2.26. The van der Waals surface area contributed by atoms with E-state index in [9.17, 15) is 0 Å². The molecule has 61 heavy (non-hydrogen) atoms. The fourth-order valence-corrected chi connectivity index (χ4v) is 11.9. The average Bonchev–Trinajstić information content (AvgIpc) is 3.79. The second-order valence-corrected chi connectivity index (χ2v) is 17.0. The van der Waals surface area contributed by atoms with Gasteiger partial charge in [-0.05, 0) is 150 Å². The molecular weight excluding hydrogens is 733 g/mol. The summed E-state index contributed by atoms with van der Waals surface area (Å²) >= 11 is 0. The lowest BCUT2D eigenvalue weighted by Gasteiger charge is -2.31. The first-order valence-corrected chi connectivity index (χ1v) is 21.4. The van der Waals surface area contributed by atoms with Crippen molar-refractivity contribution in [3.05, 3.63) is 241 Å². The summed E-state index contributed by atoms with van der Waals surface area (Å²) in [5.74, 6) is 0. The molecule has 0 N–H and O–H groups in total. The molecule has 0 nitrogen and oxygen atoms in total. The van der Waals surface area contributed by atoms with Crippen LogP contribution in [0.4, 0.5) is 0 Å². The van der Waals surface area contributed by atoms with Crippen molar-refractivity contribution < 1.29 is 0 Å². The molecule has 0 radical (unpaired) electrons. The lowest BCUT2D eigenvalue weighted by atomic mass is 9.69. The predicted octanol–water partition coefficient (Wildman–Crippen LogP) is 16.3. The topological polar surface area (TPSA) is 0 Å². The highest BCUT2D eigenvalue weighted by Crippen LogP contribution is 2.64. The number of hydrogen-bond acceptors (Lipinski definition) is 0. The van der Waals surface area contributed by atoms with Gasteiger partial charge in [0.2, 0.25) is 0 Å². The van der Waals surface area contributed by atoms with E-state index >= 15 is 0 Å². The van der Waals surface area contributed by atoms with Crippen LogP contribution in [0.25, 0.3) is 109 Å². The van der Waals surface area contributed by atoms with E-state index in [1.165, 1.54) is 131 Å². The standard InChI is InChI=1S/C61H36/c1-2-18-39-37(16-1)17-15-29-47(39)60-50-27-9-7-25-48(50)59(49-26-8-10-28-51(49)60)38-32-33-46-54-35-52-42-21-5-3-19-40(42)41-20-4-6-22-43(41)53(52)36-58(54)61(57(46)34-38)55-30-13-11-23-44(55)45-24-12-14-31-56(45)61/h1-36H. The Hall–Kier alpha value is -7.80. The second-order valence-electron chi connectivity index (χ2n) is 17.0. The van der Waals surface area contributed by atoms with Crippen molar-refractivity contribution >= 4 is 64.6 Å². The van der Waals surface area contributed by atoms with Crippen molar-refractivity contribution in [2.24, 2.45) is 0 Å². The highest BCUT2D eigenvalue weighted by atomic mass is 14.5. The van der Waals surface area contributed by atoms with E-state index in [0.717, 1.165) is 0 Å². The molecule has 0 fully saturated rings. The van der Waals surface area contributed by atoms with Crippen LogP contribution in [0.5, 0.6) is 0 Å². The first kappa shape index (κ1) is 33.1. The highest BCUT2D eigenvalue weighted by Gasteiger charge is 2.52. The van der Waals surface area contributed by atoms with Gasteiger partial charge in [0, 0.05) is 0 Å². The normalized spacial score (nSPS) is 13.4. The molecule has 12 aromatic carbocycles. The average molecular weight is 769 g/mol. The first-order valence-electron chi connectivity index (χ1n) is 21.4. The van der Waals surface area contributed by atoms with Crippen molar-refractivity contribution in [3.8, 4) is 44.5 Å². The summed E-state index contributed by atoms with van der Waals surface area (Å²) in [6.07, 6.45) is 0. The largest absolute Gasteiger partial charge is 0.0725 e.